The van der Waals surface area contributed by atoms with E-state index in [2.05, 4.69) is 9.62 Å². The fourth-order valence-corrected chi connectivity index (χ4v) is 4.25. The van der Waals surface area contributed by atoms with Crippen LogP contribution >= 0.6 is 0 Å². The van der Waals surface area contributed by atoms with Crippen molar-refractivity contribution in [2.75, 3.05) is 32.8 Å². The summed E-state index contributed by atoms with van der Waals surface area (Å²) in [5, 5.41) is 0. The summed E-state index contributed by atoms with van der Waals surface area (Å²) in [7, 11) is -3.62. The molecule has 27 heavy (non-hydrogen) atoms. The van der Waals surface area contributed by atoms with E-state index in [-0.39, 0.29) is 23.3 Å². The molecule has 0 spiro atoms. The van der Waals surface area contributed by atoms with E-state index in [1.807, 2.05) is 19.1 Å². The van der Waals surface area contributed by atoms with E-state index in [1.54, 1.807) is 24.3 Å². The second kappa shape index (κ2) is 8.93. The molecule has 3 rings (SSSR count). The van der Waals surface area contributed by atoms with Gasteiger partial charge in [-0.2, -0.15) is 0 Å². The number of morpholine rings is 1. The third-order valence-electron chi connectivity index (χ3n) is 4.85. The second-order valence-electron chi connectivity index (χ2n) is 6.57. The average molecular weight is 392 g/mol. The van der Waals surface area contributed by atoms with Gasteiger partial charge >= 0.3 is 0 Å². The van der Waals surface area contributed by atoms with Crippen LogP contribution in [0.15, 0.2) is 53.4 Å². The molecule has 1 N–H and O–H groups in total. The van der Waals surface area contributed by atoms with Crippen molar-refractivity contribution >= 4 is 10.0 Å². The number of nitrogens with one attached hydrogen (secondary N) is 1. The number of halogens is 1. The highest BCUT2D eigenvalue weighted by atomic mass is 32.2. The molecule has 0 radical (unpaired) electrons. The third-order valence-corrected chi connectivity index (χ3v) is 6.29. The zero-order valence-electron chi connectivity index (χ0n) is 15.4. The number of nitrogens with zero attached hydrogens (tertiary/aromatic N) is 1. The van der Waals surface area contributed by atoms with E-state index in [0.717, 1.165) is 17.5 Å². The average Bonchev–Trinajstić information content (AvgIpc) is 2.70. The van der Waals surface area contributed by atoms with Gasteiger partial charge in [0, 0.05) is 25.7 Å². The number of sulfonamides is 1. The topological polar surface area (TPSA) is 58.6 Å². The molecule has 1 aliphatic heterocycles. The van der Waals surface area contributed by atoms with Crippen LogP contribution in [0.4, 0.5) is 4.39 Å². The van der Waals surface area contributed by atoms with Crippen molar-refractivity contribution in [2.45, 2.75) is 24.3 Å². The molecular formula is C20H25FN2O3S. The molecule has 1 fully saturated rings. The predicted molar refractivity (Wildman–Crippen MR) is 103 cm³/mol. The smallest absolute Gasteiger partial charge is 0.240 e. The molecule has 5 nitrogen and oxygen atoms in total. The van der Waals surface area contributed by atoms with Crippen molar-refractivity contribution in [1.29, 1.82) is 0 Å². The first-order chi connectivity index (χ1) is 13.0. The molecular weight excluding hydrogens is 367 g/mol. The third kappa shape index (κ3) is 5.13. The van der Waals surface area contributed by atoms with Gasteiger partial charge in [0.05, 0.1) is 18.1 Å². The highest BCUT2D eigenvalue weighted by Gasteiger charge is 2.25. The van der Waals surface area contributed by atoms with E-state index >= 15 is 0 Å². The molecule has 2 aromatic rings. The summed E-state index contributed by atoms with van der Waals surface area (Å²) < 4.78 is 46.8. The Morgan fingerprint density at radius 1 is 1.07 bits per heavy atom. The molecule has 0 aromatic heterocycles. The monoisotopic (exact) mass is 392 g/mol. The van der Waals surface area contributed by atoms with Crippen LogP contribution in [0.2, 0.25) is 0 Å². The lowest BCUT2D eigenvalue weighted by Gasteiger charge is -2.34. The van der Waals surface area contributed by atoms with Gasteiger partial charge in [-0.25, -0.2) is 17.5 Å². The van der Waals surface area contributed by atoms with Crippen molar-refractivity contribution in [3.8, 4) is 0 Å². The summed E-state index contributed by atoms with van der Waals surface area (Å²) in [5.74, 6) is -0.309. The van der Waals surface area contributed by atoms with Crippen LogP contribution in [0.5, 0.6) is 0 Å². The van der Waals surface area contributed by atoms with Gasteiger partial charge in [0.1, 0.15) is 5.82 Å². The first kappa shape index (κ1) is 19.9. The van der Waals surface area contributed by atoms with Crippen molar-refractivity contribution in [2.24, 2.45) is 0 Å². The fraction of sp³-hybridized carbons (Fsp3) is 0.400. The van der Waals surface area contributed by atoms with Gasteiger partial charge in [0.15, 0.2) is 0 Å². The quantitative estimate of drug-likeness (QED) is 0.787. The van der Waals surface area contributed by atoms with Crippen molar-refractivity contribution in [3.63, 3.8) is 0 Å². The zero-order chi connectivity index (χ0) is 19.3. The van der Waals surface area contributed by atoms with E-state index in [9.17, 15) is 12.8 Å². The largest absolute Gasteiger partial charge is 0.379 e. The van der Waals surface area contributed by atoms with Crippen molar-refractivity contribution in [1.82, 2.24) is 9.62 Å². The molecule has 1 saturated heterocycles. The minimum absolute atomic E-state index is 0.181. The van der Waals surface area contributed by atoms with E-state index in [0.29, 0.717) is 26.3 Å². The Labute approximate surface area is 160 Å². The first-order valence-corrected chi connectivity index (χ1v) is 10.6. The highest BCUT2D eigenvalue weighted by Crippen LogP contribution is 2.22. The molecule has 2 aromatic carbocycles. The van der Waals surface area contributed by atoms with Crippen molar-refractivity contribution < 1.29 is 17.5 Å². The van der Waals surface area contributed by atoms with Crippen LogP contribution in [-0.2, 0) is 21.2 Å². The first-order valence-electron chi connectivity index (χ1n) is 9.15. The lowest BCUT2D eigenvalue weighted by atomic mass is 10.0. The Morgan fingerprint density at radius 3 is 2.30 bits per heavy atom. The molecule has 0 aliphatic carbocycles. The number of hydrogen-bond donors (Lipinski definition) is 1. The molecule has 1 heterocycles. The van der Waals surface area contributed by atoms with Gasteiger partial charge in [0.25, 0.3) is 0 Å². The van der Waals surface area contributed by atoms with Crippen LogP contribution in [-0.4, -0.2) is 46.2 Å². The Balaban J connectivity index is 1.77. The molecule has 0 saturated carbocycles. The predicted octanol–water partition coefficient (Wildman–Crippen LogP) is 2.74. The SMILES string of the molecule is CCc1ccc(S(=O)(=O)NCC(c2ccc(F)cc2)N2CCOCC2)cc1. The maximum absolute atomic E-state index is 13.3. The van der Waals surface area contributed by atoms with Crippen LogP contribution in [0.3, 0.4) is 0 Å². The van der Waals surface area contributed by atoms with Crippen molar-refractivity contribution in [3.05, 3.63) is 65.5 Å². The lowest BCUT2D eigenvalue weighted by molar-refractivity contribution is 0.0172. The number of benzene rings is 2. The van der Waals surface area contributed by atoms with Gasteiger partial charge < -0.3 is 4.74 Å². The molecule has 1 aliphatic rings. The van der Waals surface area contributed by atoms with Crippen LogP contribution in [0, 0.1) is 5.82 Å². The number of ether oxygens (including phenoxy) is 1. The summed E-state index contributed by atoms with van der Waals surface area (Å²) in [6.45, 7) is 4.84. The Morgan fingerprint density at radius 2 is 1.70 bits per heavy atom. The number of aryl methyl sites for hydroxylation is 1. The maximum Gasteiger partial charge on any atom is 0.240 e. The number of rotatable bonds is 7. The fourth-order valence-electron chi connectivity index (χ4n) is 3.21. The van der Waals surface area contributed by atoms with Crippen LogP contribution in [0.25, 0.3) is 0 Å². The minimum Gasteiger partial charge on any atom is -0.379 e. The molecule has 146 valence electrons. The Hall–Kier alpha value is -1.80. The standard InChI is InChI=1S/C20H25FN2O3S/c1-2-16-3-9-19(10-4-16)27(24,25)22-15-20(23-11-13-26-14-12-23)17-5-7-18(21)8-6-17/h3-10,20,22H,2,11-15H2,1H3. The molecule has 0 amide bonds. The Bertz CT molecular complexity index is 833. The van der Waals surface area contributed by atoms with Gasteiger partial charge in [0.2, 0.25) is 10.0 Å². The molecule has 7 heteroatoms. The van der Waals surface area contributed by atoms with Gasteiger partial charge in [-0.15, -0.1) is 0 Å². The maximum atomic E-state index is 13.3. The molecule has 0 bridgehead atoms. The normalized spacial score (nSPS) is 17.0. The zero-order valence-corrected chi connectivity index (χ0v) is 16.2. The number of hydrogen-bond acceptors (Lipinski definition) is 4. The summed E-state index contributed by atoms with van der Waals surface area (Å²) in [6, 6.07) is 13.0. The van der Waals surface area contributed by atoms with E-state index in [4.69, 9.17) is 4.74 Å². The van der Waals surface area contributed by atoms with E-state index in [1.165, 1.54) is 12.1 Å². The highest BCUT2D eigenvalue weighted by molar-refractivity contribution is 7.89. The van der Waals surface area contributed by atoms with E-state index < -0.39 is 10.0 Å². The summed E-state index contributed by atoms with van der Waals surface area (Å²) in [5.41, 5.74) is 1.97. The second-order valence-corrected chi connectivity index (χ2v) is 8.33. The Kier molecular flexibility index (Phi) is 6.59. The van der Waals surface area contributed by atoms with Crippen LogP contribution < -0.4 is 4.72 Å². The summed E-state index contributed by atoms with van der Waals surface area (Å²) in [4.78, 5) is 2.42. The lowest BCUT2D eigenvalue weighted by Crippen LogP contribution is -2.43. The van der Waals surface area contributed by atoms with Gasteiger partial charge in [-0.05, 0) is 41.8 Å². The molecule has 1 atom stereocenters. The van der Waals surface area contributed by atoms with Crippen LogP contribution in [0.1, 0.15) is 24.1 Å². The van der Waals surface area contributed by atoms with Gasteiger partial charge in [-0.1, -0.05) is 31.2 Å². The summed E-state index contributed by atoms with van der Waals surface area (Å²) in [6.07, 6.45) is 0.859. The minimum atomic E-state index is -3.62. The molecule has 1 unspecified atom stereocenters. The summed E-state index contributed by atoms with van der Waals surface area (Å²) >= 11 is 0. The van der Waals surface area contributed by atoms with Gasteiger partial charge in [-0.3, -0.25) is 4.90 Å².